The Balaban J connectivity index is 2.19. The van der Waals surface area contributed by atoms with Crippen molar-refractivity contribution in [3.05, 3.63) is 40.0 Å². The van der Waals surface area contributed by atoms with Crippen LogP contribution in [0.3, 0.4) is 0 Å². The van der Waals surface area contributed by atoms with Crippen molar-refractivity contribution < 1.29 is 9.90 Å². The minimum atomic E-state index is -0.765. The number of carboxylic acid groups (broad SMARTS) is 1. The Morgan fingerprint density at radius 2 is 2.21 bits per heavy atom. The quantitative estimate of drug-likeness (QED) is 0.934. The summed E-state index contributed by atoms with van der Waals surface area (Å²) >= 11 is 6.06. The number of aromatic nitrogens is 1. The minimum Gasteiger partial charge on any atom is -0.481 e. The van der Waals surface area contributed by atoms with E-state index in [0.29, 0.717) is 11.4 Å². The lowest BCUT2D eigenvalue weighted by Gasteiger charge is -2.12. The molecule has 3 rings (SSSR count). The molecule has 0 radical (unpaired) electrons. The molecule has 1 N–H and O–H groups in total. The van der Waals surface area contributed by atoms with Gasteiger partial charge in [-0.2, -0.15) is 0 Å². The highest BCUT2D eigenvalue weighted by atomic mass is 35.5. The maximum atomic E-state index is 10.8. The average Bonchev–Trinajstić information content (AvgIpc) is 2.82. The van der Waals surface area contributed by atoms with E-state index < -0.39 is 5.97 Å². The highest BCUT2D eigenvalue weighted by Crippen LogP contribution is 2.32. The molecule has 0 bridgehead atoms. The Hall–Kier alpha value is -1.61. The molecule has 0 saturated carbocycles. The molecule has 2 aromatic rings. The summed E-state index contributed by atoms with van der Waals surface area (Å²) in [5.74, 6) is -0.765. The van der Waals surface area contributed by atoms with Crippen LogP contribution in [0.4, 0.5) is 0 Å². The fourth-order valence-electron chi connectivity index (χ4n) is 2.85. The molecule has 1 aliphatic rings. The maximum absolute atomic E-state index is 10.8. The van der Waals surface area contributed by atoms with Crippen LogP contribution in [0, 0.1) is 0 Å². The number of rotatable bonds is 3. The van der Waals surface area contributed by atoms with E-state index in [1.807, 2.05) is 18.2 Å². The van der Waals surface area contributed by atoms with Gasteiger partial charge in [0, 0.05) is 22.5 Å². The summed E-state index contributed by atoms with van der Waals surface area (Å²) in [6, 6.07) is 5.65. The molecule has 1 heterocycles. The molecule has 1 aliphatic carbocycles. The predicted octanol–water partition coefficient (Wildman–Crippen LogP) is 3.39. The zero-order valence-corrected chi connectivity index (χ0v) is 11.2. The van der Waals surface area contributed by atoms with E-state index in [4.69, 9.17) is 16.7 Å². The fraction of sp³-hybridized carbons (Fsp3) is 0.333. The lowest BCUT2D eigenvalue weighted by molar-refractivity contribution is -0.136. The number of hydrogen-bond acceptors (Lipinski definition) is 2. The monoisotopic (exact) mass is 275 g/mol. The lowest BCUT2D eigenvalue weighted by atomic mass is 9.97. The first-order valence-corrected chi connectivity index (χ1v) is 6.84. The van der Waals surface area contributed by atoms with Gasteiger partial charge >= 0.3 is 5.97 Å². The molecule has 0 amide bonds. The Morgan fingerprint density at radius 3 is 3.00 bits per heavy atom. The molecule has 1 aromatic carbocycles. The van der Waals surface area contributed by atoms with E-state index in [9.17, 15) is 4.79 Å². The Labute approximate surface area is 116 Å². The van der Waals surface area contributed by atoms with E-state index in [1.165, 1.54) is 5.56 Å². The molecule has 0 spiro atoms. The normalized spacial score (nSPS) is 13.7. The number of fused-ring (bicyclic) bond motifs is 2. The molecule has 0 fully saturated rings. The Bertz CT molecular complexity index is 667. The second-order valence-electron chi connectivity index (χ2n) is 4.92. The van der Waals surface area contributed by atoms with Crippen molar-refractivity contribution in [2.75, 3.05) is 0 Å². The van der Waals surface area contributed by atoms with Crippen molar-refractivity contribution >= 4 is 28.5 Å². The van der Waals surface area contributed by atoms with Gasteiger partial charge in [-0.05, 0) is 55.0 Å². The fourth-order valence-corrected chi connectivity index (χ4v) is 3.02. The smallest absolute Gasteiger partial charge is 0.303 e. The maximum Gasteiger partial charge on any atom is 0.303 e. The first-order valence-electron chi connectivity index (χ1n) is 6.47. The number of nitrogens with zero attached hydrogens (tertiary/aromatic N) is 1. The van der Waals surface area contributed by atoms with Crippen molar-refractivity contribution in [3.63, 3.8) is 0 Å². The summed E-state index contributed by atoms with van der Waals surface area (Å²) in [6.45, 7) is 0. The van der Waals surface area contributed by atoms with Crippen LogP contribution >= 0.6 is 11.6 Å². The SMILES string of the molecule is O=C(O)CCc1c2c(nc3ccc(Cl)cc13)CCC2. The van der Waals surface area contributed by atoms with Gasteiger partial charge in [-0.3, -0.25) is 9.78 Å². The van der Waals surface area contributed by atoms with Gasteiger partial charge in [0.25, 0.3) is 0 Å². The minimum absolute atomic E-state index is 0.151. The molecule has 0 unspecified atom stereocenters. The third-order valence-corrected chi connectivity index (χ3v) is 3.92. The van der Waals surface area contributed by atoms with Gasteiger partial charge in [0.15, 0.2) is 0 Å². The van der Waals surface area contributed by atoms with Crippen LogP contribution in [0.1, 0.15) is 29.7 Å². The van der Waals surface area contributed by atoms with Gasteiger partial charge in [-0.1, -0.05) is 11.6 Å². The summed E-state index contributed by atoms with van der Waals surface area (Å²) in [5.41, 5.74) is 4.43. The van der Waals surface area contributed by atoms with Crippen molar-refractivity contribution in [2.45, 2.75) is 32.1 Å². The van der Waals surface area contributed by atoms with Crippen LogP contribution in [-0.4, -0.2) is 16.1 Å². The van der Waals surface area contributed by atoms with Gasteiger partial charge in [-0.25, -0.2) is 0 Å². The van der Waals surface area contributed by atoms with Gasteiger partial charge in [-0.15, -0.1) is 0 Å². The zero-order chi connectivity index (χ0) is 13.4. The number of carboxylic acids is 1. The van der Waals surface area contributed by atoms with Crippen LogP contribution in [0.2, 0.25) is 5.02 Å². The summed E-state index contributed by atoms with van der Waals surface area (Å²) in [6.07, 6.45) is 3.80. The van der Waals surface area contributed by atoms with Crippen molar-refractivity contribution in [2.24, 2.45) is 0 Å². The van der Waals surface area contributed by atoms with Crippen LogP contribution in [0.5, 0.6) is 0 Å². The Kier molecular flexibility index (Phi) is 3.15. The first kappa shape index (κ1) is 12.4. The Morgan fingerprint density at radius 1 is 1.37 bits per heavy atom. The lowest BCUT2D eigenvalue weighted by Crippen LogP contribution is -2.03. The summed E-state index contributed by atoms with van der Waals surface area (Å²) in [5, 5.41) is 10.6. The van der Waals surface area contributed by atoms with Crippen molar-refractivity contribution in [1.29, 1.82) is 0 Å². The molecule has 0 atom stereocenters. The molecule has 4 heteroatoms. The third kappa shape index (κ3) is 2.30. The highest BCUT2D eigenvalue weighted by molar-refractivity contribution is 6.31. The number of aliphatic carboxylic acids is 1. The molecular formula is C15H14ClNO2. The van der Waals surface area contributed by atoms with Gasteiger partial charge in [0.1, 0.15) is 0 Å². The number of aryl methyl sites for hydroxylation is 2. The van der Waals surface area contributed by atoms with Gasteiger partial charge in [0.2, 0.25) is 0 Å². The van der Waals surface area contributed by atoms with Crippen LogP contribution in [0.15, 0.2) is 18.2 Å². The zero-order valence-electron chi connectivity index (χ0n) is 10.4. The van der Waals surface area contributed by atoms with Gasteiger partial charge in [0.05, 0.1) is 5.52 Å². The highest BCUT2D eigenvalue weighted by Gasteiger charge is 2.19. The van der Waals surface area contributed by atoms with E-state index in [1.54, 1.807) is 0 Å². The van der Waals surface area contributed by atoms with Crippen molar-refractivity contribution in [1.82, 2.24) is 4.98 Å². The number of carbonyl (C=O) groups is 1. The molecular weight excluding hydrogens is 262 g/mol. The summed E-state index contributed by atoms with van der Waals surface area (Å²) < 4.78 is 0. The number of benzene rings is 1. The molecule has 1 aromatic heterocycles. The average molecular weight is 276 g/mol. The second kappa shape index (κ2) is 4.82. The van der Waals surface area contributed by atoms with Crippen molar-refractivity contribution in [3.8, 4) is 0 Å². The number of pyridine rings is 1. The third-order valence-electron chi connectivity index (χ3n) is 3.68. The van der Waals surface area contributed by atoms with Crippen LogP contribution in [0.25, 0.3) is 10.9 Å². The summed E-state index contributed by atoms with van der Waals surface area (Å²) in [7, 11) is 0. The molecule has 0 saturated heterocycles. The van der Waals surface area contributed by atoms with E-state index in [2.05, 4.69) is 4.98 Å². The standard InChI is InChI=1S/C15H14ClNO2/c16-9-4-6-14-12(8-9)10(5-7-15(18)19)11-2-1-3-13(11)17-14/h4,6,8H,1-3,5,7H2,(H,18,19). The predicted molar refractivity (Wildman–Crippen MR) is 74.7 cm³/mol. The molecule has 0 aliphatic heterocycles. The number of hydrogen-bond donors (Lipinski definition) is 1. The molecule has 98 valence electrons. The molecule has 19 heavy (non-hydrogen) atoms. The van der Waals surface area contributed by atoms with Crippen LogP contribution < -0.4 is 0 Å². The van der Waals surface area contributed by atoms with E-state index in [0.717, 1.165) is 41.4 Å². The number of halogens is 1. The summed E-state index contributed by atoms with van der Waals surface area (Å²) in [4.78, 5) is 15.5. The van der Waals surface area contributed by atoms with E-state index in [-0.39, 0.29) is 6.42 Å². The first-order chi connectivity index (χ1) is 9.15. The van der Waals surface area contributed by atoms with Crippen LogP contribution in [-0.2, 0) is 24.1 Å². The molecule has 3 nitrogen and oxygen atoms in total. The largest absolute Gasteiger partial charge is 0.481 e. The topological polar surface area (TPSA) is 50.2 Å². The van der Waals surface area contributed by atoms with Gasteiger partial charge < -0.3 is 5.11 Å². The van der Waals surface area contributed by atoms with E-state index >= 15 is 0 Å². The second-order valence-corrected chi connectivity index (χ2v) is 5.36.